The van der Waals surface area contributed by atoms with Gasteiger partial charge in [-0.3, -0.25) is 15.1 Å². The van der Waals surface area contributed by atoms with Gasteiger partial charge in [0.25, 0.3) is 5.69 Å². The van der Waals surface area contributed by atoms with Gasteiger partial charge in [-0.15, -0.1) is 0 Å². The molecule has 0 saturated heterocycles. The Morgan fingerprint density at radius 2 is 1.72 bits per heavy atom. The molecule has 0 amide bonds. The highest BCUT2D eigenvalue weighted by Gasteiger charge is 2.21. The molecule has 0 bridgehead atoms. The summed E-state index contributed by atoms with van der Waals surface area (Å²) in [5.41, 5.74) is 2.81. The van der Waals surface area contributed by atoms with Crippen LogP contribution in [-0.2, 0) is 0 Å². The molecule has 0 radical (unpaired) electrons. The minimum atomic E-state index is -0.476. The molecule has 0 aliphatic heterocycles. The van der Waals surface area contributed by atoms with Crippen molar-refractivity contribution < 1.29 is 10.0 Å². The number of nitrogens with one attached hydrogen (secondary N) is 1. The van der Waals surface area contributed by atoms with E-state index in [4.69, 9.17) is 0 Å². The number of non-ortho nitro benzene ring substituents is 1. The van der Waals surface area contributed by atoms with E-state index < -0.39 is 11.0 Å². The van der Waals surface area contributed by atoms with Crippen LogP contribution in [0.5, 0.6) is 5.75 Å². The zero-order valence-electron chi connectivity index (χ0n) is 15.6. The fourth-order valence-corrected chi connectivity index (χ4v) is 3.28. The SMILES string of the molecule is Cc1cccnc1N[C@H](c1ccc([N+](=O)[O-])cc1)c1ccc2cccnc2c1O. The minimum absolute atomic E-state index is 0.00548. The lowest BCUT2D eigenvalue weighted by atomic mass is 9.96. The van der Waals surface area contributed by atoms with Gasteiger partial charge in [-0.25, -0.2) is 4.98 Å². The van der Waals surface area contributed by atoms with Gasteiger partial charge in [0.05, 0.1) is 11.0 Å². The molecule has 7 heteroatoms. The number of nitrogens with zero attached hydrogens (tertiary/aromatic N) is 3. The van der Waals surface area contributed by atoms with Crippen molar-refractivity contribution in [1.29, 1.82) is 0 Å². The molecule has 0 saturated carbocycles. The number of aryl methyl sites for hydroxylation is 1. The van der Waals surface area contributed by atoms with Gasteiger partial charge >= 0.3 is 0 Å². The van der Waals surface area contributed by atoms with E-state index in [-0.39, 0.29) is 11.4 Å². The number of rotatable bonds is 5. The first-order chi connectivity index (χ1) is 14.0. The van der Waals surface area contributed by atoms with E-state index in [0.717, 1.165) is 16.5 Å². The lowest BCUT2D eigenvalue weighted by Crippen LogP contribution is -2.14. The normalized spacial score (nSPS) is 11.9. The first kappa shape index (κ1) is 18.4. The summed E-state index contributed by atoms with van der Waals surface area (Å²) in [6.45, 7) is 1.93. The molecule has 4 aromatic rings. The van der Waals surface area contributed by atoms with Gasteiger partial charge in [-0.05, 0) is 42.3 Å². The van der Waals surface area contributed by atoms with Gasteiger partial charge in [-0.1, -0.05) is 24.3 Å². The molecule has 0 aliphatic carbocycles. The van der Waals surface area contributed by atoms with Crippen molar-refractivity contribution in [2.75, 3.05) is 5.32 Å². The Balaban J connectivity index is 1.85. The van der Waals surface area contributed by atoms with Gasteiger partial charge in [-0.2, -0.15) is 0 Å². The summed E-state index contributed by atoms with van der Waals surface area (Å²) < 4.78 is 0. The second-order valence-corrected chi connectivity index (χ2v) is 6.67. The van der Waals surface area contributed by atoms with Crippen molar-refractivity contribution in [3.63, 3.8) is 0 Å². The van der Waals surface area contributed by atoms with E-state index in [1.54, 1.807) is 24.5 Å². The Bertz CT molecular complexity index is 1190. The molecule has 2 aromatic carbocycles. The summed E-state index contributed by atoms with van der Waals surface area (Å²) in [4.78, 5) is 19.3. The summed E-state index contributed by atoms with van der Waals surface area (Å²) in [6.07, 6.45) is 3.31. The zero-order valence-corrected chi connectivity index (χ0v) is 15.6. The average Bonchev–Trinajstić information content (AvgIpc) is 2.74. The molecular formula is C22H18N4O3. The lowest BCUT2D eigenvalue weighted by Gasteiger charge is -2.22. The quantitative estimate of drug-likeness (QED) is 0.379. The van der Waals surface area contributed by atoms with Crippen LogP contribution in [0.15, 0.2) is 73.1 Å². The highest BCUT2D eigenvalue weighted by molar-refractivity contribution is 5.86. The summed E-state index contributed by atoms with van der Waals surface area (Å²) in [6, 6.07) is 17.0. The first-order valence-corrected chi connectivity index (χ1v) is 9.03. The highest BCUT2D eigenvalue weighted by atomic mass is 16.6. The summed E-state index contributed by atoms with van der Waals surface area (Å²) >= 11 is 0. The smallest absolute Gasteiger partial charge is 0.269 e. The summed E-state index contributed by atoms with van der Waals surface area (Å²) in [7, 11) is 0. The van der Waals surface area contributed by atoms with Crippen LogP contribution in [0, 0.1) is 17.0 Å². The first-order valence-electron chi connectivity index (χ1n) is 9.03. The predicted molar refractivity (Wildman–Crippen MR) is 111 cm³/mol. The molecular weight excluding hydrogens is 368 g/mol. The third-order valence-corrected chi connectivity index (χ3v) is 4.82. The topological polar surface area (TPSA) is 101 Å². The molecule has 7 nitrogen and oxygen atoms in total. The molecule has 0 fully saturated rings. The van der Waals surface area contributed by atoms with Crippen LogP contribution in [0.1, 0.15) is 22.7 Å². The van der Waals surface area contributed by atoms with Gasteiger partial charge in [0, 0.05) is 35.5 Å². The molecule has 0 spiro atoms. The summed E-state index contributed by atoms with van der Waals surface area (Å²) in [5, 5.41) is 26.1. The van der Waals surface area contributed by atoms with Crippen molar-refractivity contribution in [1.82, 2.24) is 9.97 Å². The zero-order chi connectivity index (χ0) is 20.4. The van der Waals surface area contributed by atoms with E-state index in [0.29, 0.717) is 16.9 Å². The van der Waals surface area contributed by atoms with Gasteiger partial charge < -0.3 is 10.4 Å². The van der Waals surface area contributed by atoms with Crippen molar-refractivity contribution in [3.8, 4) is 5.75 Å². The minimum Gasteiger partial charge on any atom is -0.505 e. The van der Waals surface area contributed by atoms with Gasteiger partial charge in [0.15, 0.2) is 0 Å². The number of pyridine rings is 2. The van der Waals surface area contributed by atoms with Gasteiger partial charge in [0.1, 0.15) is 17.1 Å². The van der Waals surface area contributed by atoms with Crippen LogP contribution in [0.25, 0.3) is 10.9 Å². The maximum atomic E-state index is 11.0. The van der Waals surface area contributed by atoms with Crippen molar-refractivity contribution in [3.05, 3.63) is 99.9 Å². The molecule has 0 unspecified atom stereocenters. The number of nitro groups is 1. The predicted octanol–water partition coefficient (Wildman–Crippen LogP) is 4.75. The van der Waals surface area contributed by atoms with Crippen LogP contribution in [-0.4, -0.2) is 20.0 Å². The number of hydrogen-bond donors (Lipinski definition) is 2. The number of anilines is 1. The number of aromatic nitrogens is 2. The number of phenols is 1. The molecule has 2 aromatic heterocycles. The monoisotopic (exact) mass is 386 g/mol. The molecule has 4 rings (SSSR count). The number of phenolic OH excluding ortho intramolecular Hbond substituents is 1. The van der Waals surface area contributed by atoms with E-state index in [1.807, 2.05) is 43.3 Å². The van der Waals surface area contributed by atoms with Crippen LogP contribution >= 0.6 is 0 Å². The molecule has 144 valence electrons. The van der Waals surface area contributed by atoms with Crippen LogP contribution in [0.3, 0.4) is 0 Å². The number of aromatic hydroxyl groups is 1. The Hall–Kier alpha value is -4.00. The van der Waals surface area contributed by atoms with Crippen LogP contribution < -0.4 is 5.32 Å². The number of fused-ring (bicyclic) bond motifs is 1. The largest absolute Gasteiger partial charge is 0.505 e. The molecule has 0 aliphatic rings. The van der Waals surface area contributed by atoms with E-state index >= 15 is 0 Å². The number of nitro benzene ring substituents is 1. The average molecular weight is 386 g/mol. The Morgan fingerprint density at radius 3 is 2.45 bits per heavy atom. The number of benzene rings is 2. The molecule has 2 N–H and O–H groups in total. The fourth-order valence-electron chi connectivity index (χ4n) is 3.28. The van der Waals surface area contributed by atoms with E-state index in [1.165, 1.54) is 12.1 Å². The van der Waals surface area contributed by atoms with Crippen molar-refractivity contribution >= 4 is 22.4 Å². The standard InChI is InChI=1S/C22H18N4O3/c1-14-4-2-13-24-22(14)25-19(16-6-9-17(10-7-16)26(28)29)18-11-8-15-5-3-12-23-20(15)21(18)27/h2-13,19,27H,1H3,(H,24,25)/t19-/m1/s1. The van der Waals surface area contributed by atoms with E-state index in [9.17, 15) is 15.2 Å². The fraction of sp³-hybridized carbons (Fsp3) is 0.0909. The van der Waals surface area contributed by atoms with Gasteiger partial charge in [0.2, 0.25) is 0 Å². The van der Waals surface area contributed by atoms with E-state index in [2.05, 4.69) is 15.3 Å². The Labute approximate surface area is 166 Å². The third kappa shape index (κ3) is 3.58. The van der Waals surface area contributed by atoms with Crippen LogP contribution in [0.2, 0.25) is 0 Å². The maximum absolute atomic E-state index is 11.0. The summed E-state index contributed by atoms with van der Waals surface area (Å²) in [5.74, 6) is 0.726. The Morgan fingerprint density at radius 1 is 1.00 bits per heavy atom. The second-order valence-electron chi connectivity index (χ2n) is 6.67. The van der Waals surface area contributed by atoms with Crippen molar-refractivity contribution in [2.24, 2.45) is 0 Å². The lowest BCUT2D eigenvalue weighted by molar-refractivity contribution is -0.384. The third-order valence-electron chi connectivity index (χ3n) is 4.82. The van der Waals surface area contributed by atoms with Crippen molar-refractivity contribution in [2.45, 2.75) is 13.0 Å². The molecule has 1 atom stereocenters. The highest BCUT2D eigenvalue weighted by Crippen LogP contribution is 2.36. The molecule has 29 heavy (non-hydrogen) atoms. The Kier molecular flexibility index (Phi) is 4.78. The number of hydrogen-bond acceptors (Lipinski definition) is 6. The molecule has 2 heterocycles. The van der Waals surface area contributed by atoms with Crippen LogP contribution in [0.4, 0.5) is 11.5 Å². The second kappa shape index (κ2) is 7.55. The maximum Gasteiger partial charge on any atom is 0.269 e.